The van der Waals surface area contributed by atoms with Crippen molar-refractivity contribution in [2.75, 3.05) is 6.61 Å². The maximum absolute atomic E-state index is 11.3. The highest BCUT2D eigenvalue weighted by Crippen LogP contribution is 2.21. The van der Waals surface area contributed by atoms with Gasteiger partial charge in [0.1, 0.15) is 0 Å². The molecule has 0 aliphatic rings. The highest BCUT2D eigenvalue weighted by molar-refractivity contribution is 5.90. The summed E-state index contributed by atoms with van der Waals surface area (Å²) in [6, 6.07) is 0. The maximum Gasteiger partial charge on any atom is 0.155 e. The Balaban J connectivity index is 3.98. The van der Waals surface area contributed by atoms with Gasteiger partial charge < -0.3 is 4.74 Å². The average molecular weight is 294 g/mol. The maximum atomic E-state index is 11.3. The summed E-state index contributed by atoms with van der Waals surface area (Å²) in [7, 11) is 0. The van der Waals surface area contributed by atoms with Crippen LogP contribution in [0.4, 0.5) is 0 Å². The summed E-state index contributed by atoms with van der Waals surface area (Å²) in [5.41, 5.74) is 1.05. The van der Waals surface area contributed by atoms with E-state index in [9.17, 15) is 4.79 Å². The minimum Gasteiger partial charge on any atom is -0.376 e. The van der Waals surface area contributed by atoms with E-state index in [0.717, 1.165) is 25.0 Å². The van der Waals surface area contributed by atoms with Gasteiger partial charge in [0.05, 0.1) is 5.60 Å². The standard InChI is InChI=1S/C19H34O2/c1-7-18(20)15-17(4)12-9-11-16(3)13-10-14-19(5,6)21-8-2/h9,12,15-16H,7-8,10-11,13-14H2,1-6H3/b12-9+,17-15+. The average Bonchev–Trinajstić information content (AvgIpc) is 2.38. The number of hydrogen-bond donors (Lipinski definition) is 0. The minimum atomic E-state index is 0.00412. The second-order valence-electron chi connectivity index (χ2n) is 6.54. The first-order valence-electron chi connectivity index (χ1n) is 8.32. The molecule has 0 radical (unpaired) electrons. The quantitative estimate of drug-likeness (QED) is 0.372. The molecule has 122 valence electrons. The van der Waals surface area contributed by atoms with Crippen molar-refractivity contribution in [2.45, 2.75) is 79.2 Å². The molecule has 0 saturated carbocycles. The molecule has 0 N–H and O–H groups in total. The van der Waals surface area contributed by atoms with Gasteiger partial charge in [0.25, 0.3) is 0 Å². The number of carbonyl (C=O) groups excluding carboxylic acids is 1. The Bertz CT molecular complexity index is 351. The molecule has 0 spiro atoms. The molecule has 0 fully saturated rings. The minimum absolute atomic E-state index is 0.00412. The summed E-state index contributed by atoms with van der Waals surface area (Å²) < 4.78 is 5.72. The Morgan fingerprint density at radius 3 is 2.52 bits per heavy atom. The van der Waals surface area contributed by atoms with E-state index in [4.69, 9.17) is 4.74 Å². The molecule has 2 nitrogen and oxygen atoms in total. The van der Waals surface area contributed by atoms with Gasteiger partial charge in [0.2, 0.25) is 0 Å². The van der Waals surface area contributed by atoms with Crippen molar-refractivity contribution in [3.8, 4) is 0 Å². The van der Waals surface area contributed by atoms with E-state index in [1.165, 1.54) is 12.8 Å². The van der Waals surface area contributed by atoms with Crippen molar-refractivity contribution in [2.24, 2.45) is 5.92 Å². The SMILES string of the molecule is CCOC(C)(C)CCCC(C)C/C=C/C(C)=C/C(=O)CC. The Hall–Kier alpha value is -0.890. The lowest BCUT2D eigenvalue weighted by molar-refractivity contribution is -0.114. The topological polar surface area (TPSA) is 26.3 Å². The van der Waals surface area contributed by atoms with E-state index >= 15 is 0 Å². The van der Waals surface area contributed by atoms with Gasteiger partial charge in [0.15, 0.2) is 5.78 Å². The predicted octanol–water partition coefficient (Wildman–Crippen LogP) is 5.48. The summed E-state index contributed by atoms with van der Waals surface area (Å²) >= 11 is 0. The molecule has 0 saturated heterocycles. The Morgan fingerprint density at radius 1 is 1.29 bits per heavy atom. The van der Waals surface area contributed by atoms with Crippen LogP contribution in [0.3, 0.4) is 0 Å². The molecular formula is C19H34O2. The number of carbonyl (C=O) groups is 1. The normalized spacial score (nSPS) is 14.7. The molecule has 1 atom stereocenters. The van der Waals surface area contributed by atoms with Gasteiger partial charge in [-0.25, -0.2) is 0 Å². The molecule has 1 unspecified atom stereocenters. The van der Waals surface area contributed by atoms with Gasteiger partial charge in [-0.2, -0.15) is 0 Å². The van der Waals surface area contributed by atoms with Crippen LogP contribution in [0.15, 0.2) is 23.8 Å². The van der Waals surface area contributed by atoms with Crippen LogP contribution in [-0.2, 0) is 9.53 Å². The first kappa shape index (κ1) is 20.1. The molecule has 0 heterocycles. The summed E-state index contributed by atoms with van der Waals surface area (Å²) in [5.74, 6) is 0.872. The van der Waals surface area contributed by atoms with Crippen molar-refractivity contribution < 1.29 is 9.53 Å². The fourth-order valence-corrected chi connectivity index (χ4v) is 2.35. The Kier molecular flexibility index (Phi) is 10.3. The van der Waals surface area contributed by atoms with E-state index < -0.39 is 0 Å². The van der Waals surface area contributed by atoms with Crippen molar-refractivity contribution in [1.29, 1.82) is 0 Å². The fraction of sp³-hybridized carbons (Fsp3) is 0.737. The summed E-state index contributed by atoms with van der Waals surface area (Å²) in [5, 5.41) is 0. The molecule has 0 aromatic rings. The van der Waals surface area contributed by atoms with Gasteiger partial charge in [-0.05, 0) is 58.1 Å². The van der Waals surface area contributed by atoms with Crippen LogP contribution in [0.25, 0.3) is 0 Å². The first-order chi connectivity index (χ1) is 9.80. The molecule has 0 aliphatic carbocycles. The monoisotopic (exact) mass is 294 g/mol. The van der Waals surface area contributed by atoms with Crippen LogP contribution in [0.5, 0.6) is 0 Å². The number of rotatable bonds is 11. The zero-order chi connectivity index (χ0) is 16.3. The number of allylic oxidation sites excluding steroid dienone is 4. The molecular weight excluding hydrogens is 260 g/mol. The van der Waals surface area contributed by atoms with Crippen LogP contribution < -0.4 is 0 Å². The Labute approximate surface area is 131 Å². The summed E-state index contributed by atoms with van der Waals surface area (Å²) in [4.78, 5) is 11.3. The third-order valence-corrected chi connectivity index (χ3v) is 3.67. The number of ketones is 1. The molecule has 0 aromatic heterocycles. The van der Waals surface area contributed by atoms with Crippen molar-refractivity contribution in [3.63, 3.8) is 0 Å². The lowest BCUT2D eigenvalue weighted by atomic mass is 9.94. The van der Waals surface area contributed by atoms with E-state index in [0.29, 0.717) is 12.3 Å². The zero-order valence-electron chi connectivity index (χ0n) is 14.9. The van der Waals surface area contributed by atoms with Crippen molar-refractivity contribution in [3.05, 3.63) is 23.8 Å². The molecule has 0 aromatic carbocycles. The third kappa shape index (κ3) is 11.4. The molecule has 21 heavy (non-hydrogen) atoms. The highest BCUT2D eigenvalue weighted by atomic mass is 16.5. The molecule has 0 rings (SSSR count). The van der Waals surface area contributed by atoms with Crippen molar-refractivity contribution in [1.82, 2.24) is 0 Å². The second-order valence-corrected chi connectivity index (χ2v) is 6.54. The molecule has 2 heteroatoms. The number of ether oxygens (including phenoxy) is 1. The van der Waals surface area contributed by atoms with E-state index in [1.54, 1.807) is 6.08 Å². The third-order valence-electron chi connectivity index (χ3n) is 3.67. The fourth-order valence-electron chi connectivity index (χ4n) is 2.35. The first-order valence-corrected chi connectivity index (χ1v) is 8.32. The summed E-state index contributed by atoms with van der Waals surface area (Å²) in [6.07, 6.45) is 11.2. The van der Waals surface area contributed by atoms with Crippen LogP contribution in [0, 0.1) is 5.92 Å². The van der Waals surface area contributed by atoms with Crippen LogP contribution in [0.1, 0.15) is 73.6 Å². The highest BCUT2D eigenvalue weighted by Gasteiger charge is 2.17. The van der Waals surface area contributed by atoms with E-state index in [2.05, 4.69) is 32.9 Å². The van der Waals surface area contributed by atoms with Crippen LogP contribution >= 0.6 is 0 Å². The smallest absolute Gasteiger partial charge is 0.155 e. The lowest BCUT2D eigenvalue weighted by Crippen LogP contribution is -2.24. The molecule has 0 amide bonds. The van der Waals surface area contributed by atoms with Gasteiger partial charge in [-0.15, -0.1) is 0 Å². The predicted molar refractivity (Wildman–Crippen MR) is 91.5 cm³/mol. The van der Waals surface area contributed by atoms with E-state index in [-0.39, 0.29) is 11.4 Å². The Morgan fingerprint density at radius 2 is 1.95 bits per heavy atom. The van der Waals surface area contributed by atoms with Crippen LogP contribution in [0.2, 0.25) is 0 Å². The van der Waals surface area contributed by atoms with Gasteiger partial charge in [-0.1, -0.05) is 38.8 Å². The van der Waals surface area contributed by atoms with Crippen LogP contribution in [-0.4, -0.2) is 18.0 Å². The second kappa shape index (κ2) is 10.8. The molecule has 0 aliphatic heterocycles. The summed E-state index contributed by atoms with van der Waals surface area (Å²) in [6.45, 7) is 13.3. The zero-order valence-corrected chi connectivity index (χ0v) is 14.9. The van der Waals surface area contributed by atoms with Gasteiger partial charge in [0, 0.05) is 13.0 Å². The largest absolute Gasteiger partial charge is 0.376 e. The van der Waals surface area contributed by atoms with Crippen molar-refractivity contribution >= 4 is 5.78 Å². The molecule has 0 bridgehead atoms. The van der Waals surface area contributed by atoms with E-state index in [1.807, 2.05) is 20.8 Å². The van der Waals surface area contributed by atoms with Gasteiger partial charge >= 0.3 is 0 Å². The lowest BCUT2D eigenvalue weighted by Gasteiger charge is -2.25. The van der Waals surface area contributed by atoms with Gasteiger partial charge in [-0.3, -0.25) is 4.79 Å². The number of hydrogen-bond acceptors (Lipinski definition) is 2.